The maximum atomic E-state index is 13.6. The van der Waals surface area contributed by atoms with Gasteiger partial charge in [-0.1, -0.05) is 48.5 Å². The number of nitrogens with zero attached hydrogens (tertiary/aromatic N) is 1. The molecule has 0 radical (unpaired) electrons. The van der Waals surface area contributed by atoms with Crippen molar-refractivity contribution in [1.29, 1.82) is 0 Å². The second kappa shape index (κ2) is 6.09. The standard InChI is InChI=1S/C24H18N2O4/c27-23-21-19-15-5-1-2-6-16(15)20(18-8-4-3-7-17(18)19)22(21)24(28)25(23)13-9-11-14(12-10-13)26(29)30/h1-12,19-22,26,29H/t19?,20?,21-,22-/m0/s1. The van der Waals surface area contributed by atoms with Gasteiger partial charge in [0.15, 0.2) is 5.69 Å². The van der Waals surface area contributed by atoms with Crippen molar-refractivity contribution in [3.8, 4) is 0 Å². The van der Waals surface area contributed by atoms with E-state index in [2.05, 4.69) is 24.3 Å². The van der Waals surface area contributed by atoms with Crippen molar-refractivity contribution in [2.75, 3.05) is 4.90 Å². The molecule has 3 atom stereocenters. The summed E-state index contributed by atoms with van der Waals surface area (Å²) in [5, 5.41) is 19.3. The van der Waals surface area contributed by atoms with Crippen LogP contribution in [0.3, 0.4) is 0 Å². The Kier molecular flexibility index (Phi) is 3.56. The predicted molar refractivity (Wildman–Crippen MR) is 108 cm³/mol. The molecule has 0 saturated carbocycles. The van der Waals surface area contributed by atoms with Crippen molar-refractivity contribution >= 4 is 23.2 Å². The minimum Gasteiger partial charge on any atom is -0.595 e. The molecular weight excluding hydrogens is 380 g/mol. The van der Waals surface area contributed by atoms with Crippen molar-refractivity contribution < 1.29 is 20.0 Å². The van der Waals surface area contributed by atoms with E-state index < -0.39 is 17.1 Å². The van der Waals surface area contributed by atoms with E-state index in [9.17, 15) is 14.8 Å². The number of rotatable bonds is 2. The van der Waals surface area contributed by atoms with Crippen molar-refractivity contribution in [1.82, 2.24) is 0 Å². The Labute approximate surface area is 172 Å². The highest BCUT2D eigenvalue weighted by Gasteiger charge is 2.61. The number of quaternary nitrogens is 1. The van der Waals surface area contributed by atoms with Gasteiger partial charge in [0.05, 0.1) is 17.5 Å². The van der Waals surface area contributed by atoms with Crippen LogP contribution >= 0.6 is 0 Å². The van der Waals surface area contributed by atoms with E-state index in [1.807, 2.05) is 24.3 Å². The highest BCUT2D eigenvalue weighted by Crippen LogP contribution is 2.61. The molecule has 3 aromatic rings. The van der Waals surface area contributed by atoms with Crippen LogP contribution in [0.4, 0.5) is 11.4 Å². The second-order valence-electron chi connectivity index (χ2n) is 8.13. The van der Waals surface area contributed by atoms with Gasteiger partial charge in [0.2, 0.25) is 11.8 Å². The lowest BCUT2D eigenvalue weighted by molar-refractivity contribution is -0.991. The van der Waals surface area contributed by atoms with Crippen LogP contribution < -0.4 is 10.1 Å². The van der Waals surface area contributed by atoms with E-state index >= 15 is 0 Å². The van der Waals surface area contributed by atoms with E-state index in [0.29, 0.717) is 5.69 Å². The van der Waals surface area contributed by atoms with E-state index in [-0.39, 0.29) is 29.3 Å². The monoisotopic (exact) mass is 398 g/mol. The molecule has 6 nitrogen and oxygen atoms in total. The molecule has 1 heterocycles. The molecule has 4 aliphatic rings. The largest absolute Gasteiger partial charge is 0.595 e. The van der Waals surface area contributed by atoms with E-state index in [4.69, 9.17) is 5.21 Å². The third-order valence-corrected chi connectivity index (χ3v) is 6.82. The van der Waals surface area contributed by atoms with Gasteiger partial charge in [0.25, 0.3) is 0 Å². The first-order valence-electron chi connectivity index (χ1n) is 9.96. The normalized spacial score (nSPS) is 26.9. The topological polar surface area (TPSA) is 85.1 Å². The van der Waals surface area contributed by atoms with Gasteiger partial charge < -0.3 is 5.21 Å². The van der Waals surface area contributed by atoms with Crippen molar-refractivity contribution in [2.45, 2.75) is 11.8 Å². The van der Waals surface area contributed by atoms with Crippen molar-refractivity contribution in [2.24, 2.45) is 11.8 Å². The van der Waals surface area contributed by atoms with Gasteiger partial charge in [0, 0.05) is 24.0 Å². The third kappa shape index (κ3) is 2.13. The SMILES string of the molecule is O=C1[C@H]2C3c4ccccc4C(c4ccccc43)[C@@H]2C(=O)N1c1ccc([NH+]([O-])O)cc1. The average molecular weight is 398 g/mol. The maximum Gasteiger partial charge on any atom is 0.238 e. The summed E-state index contributed by atoms with van der Waals surface area (Å²) in [6, 6.07) is 22.2. The highest BCUT2D eigenvalue weighted by molar-refractivity contribution is 6.23. The van der Waals surface area contributed by atoms with Gasteiger partial charge in [-0.2, -0.15) is 5.23 Å². The lowest BCUT2D eigenvalue weighted by atomic mass is 9.55. The van der Waals surface area contributed by atoms with Gasteiger partial charge in [-0.15, -0.1) is 0 Å². The molecule has 3 aliphatic carbocycles. The molecule has 1 unspecified atom stereocenters. The number of hydrogen-bond acceptors (Lipinski definition) is 4. The minimum atomic E-state index is -1.04. The van der Waals surface area contributed by atoms with Crippen LogP contribution in [-0.4, -0.2) is 17.0 Å². The summed E-state index contributed by atoms with van der Waals surface area (Å²) in [4.78, 5) is 28.4. The number of benzene rings is 3. The quantitative estimate of drug-likeness (QED) is 0.513. The Bertz CT molecular complexity index is 1090. The third-order valence-electron chi connectivity index (χ3n) is 6.82. The van der Waals surface area contributed by atoms with Crippen molar-refractivity contribution in [3.63, 3.8) is 0 Å². The lowest BCUT2D eigenvalue weighted by Crippen LogP contribution is -2.99. The Morgan fingerprint density at radius 2 is 1.10 bits per heavy atom. The number of hydrogen-bond donors (Lipinski definition) is 2. The number of carbonyl (C=O) groups is 2. The summed E-state index contributed by atoms with van der Waals surface area (Å²) in [6.45, 7) is 0. The van der Waals surface area contributed by atoms with Crippen LogP contribution in [0.15, 0.2) is 72.8 Å². The zero-order chi connectivity index (χ0) is 20.6. The summed E-state index contributed by atoms with van der Waals surface area (Å²) in [6.07, 6.45) is 0. The molecule has 30 heavy (non-hydrogen) atoms. The van der Waals surface area contributed by atoms with Gasteiger partial charge in [-0.3, -0.25) is 9.59 Å². The number of nitrogens with one attached hydrogen (secondary N) is 1. The number of anilines is 1. The average Bonchev–Trinajstić information content (AvgIpc) is 3.04. The first kappa shape index (κ1) is 17.5. The Morgan fingerprint density at radius 3 is 1.47 bits per heavy atom. The molecule has 0 spiro atoms. The summed E-state index contributed by atoms with van der Waals surface area (Å²) < 4.78 is 0. The Morgan fingerprint density at radius 1 is 0.700 bits per heavy atom. The molecule has 148 valence electrons. The first-order valence-corrected chi connectivity index (χ1v) is 9.96. The fourth-order valence-electron chi connectivity index (χ4n) is 5.68. The van der Waals surface area contributed by atoms with Crippen molar-refractivity contribution in [3.05, 3.63) is 100 Å². The Hall–Kier alpha value is -3.32. The summed E-state index contributed by atoms with van der Waals surface area (Å²) in [5.74, 6) is -1.57. The van der Waals surface area contributed by atoms with Gasteiger partial charge >= 0.3 is 0 Å². The summed E-state index contributed by atoms with van der Waals surface area (Å²) in [5.41, 5.74) is 5.07. The number of imide groups is 1. The maximum absolute atomic E-state index is 13.6. The van der Waals surface area contributed by atoms with Crippen LogP contribution in [0.1, 0.15) is 34.1 Å². The molecular formula is C24H18N2O4. The van der Waals surface area contributed by atoms with Gasteiger partial charge in [0.1, 0.15) is 0 Å². The molecule has 3 aromatic carbocycles. The van der Waals surface area contributed by atoms with E-state index in [0.717, 1.165) is 22.3 Å². The summed E-state index contributed by atoms with van der Waals surface area (Å²) in [7, 11) is 0. The zero-order valence-electron chi connectivity index (χ0n) is 15.9. The molecule has 1 fully saturated rings. The fourth-order valence-corrected chi connectivity index (χ4v) is 5.68. The van der Waals surface area contributed by atoms with Crippen LogP contribution in [-0.2, 0) is 9.59 Å². The number of carbonyl (C=O) groups excluding carboxylic acids is 2. The lowest BCUT2D eigenvalue weighted by Gasteiger charge is -2.45. The highest BCUT2D eigenvalue weighted by atomic mass is 16.8. The van der Waals surface area contributed by atoms with Crippen LogP contribution in [0.25, 0.3) is 0 Å². The van der Waals surface area contributed by atoms with Crippen LogP contribution in [0.2, 0.25) is 0 Å². The molecule has 1 aliphatic heterocycles. The molecule has 6 heteroatoms. The van der Waals surface area contributed by atoms with Gasteiger partial charge in [-0.25, -0.2) is 10.1 Å². The smallest absolute Gasteiger partial charge is 0.238 e. The number of amides is 2. The minimum absolute atomic E-state index is 0.121. The molecule has 2 amide bonds. The van der Waals surface area contributed by atoms with Crippen LogP contribution in [0, 0.1) is 17.0 Å². The molecule has 7 rings (SSSR count). The van der Waals surface area contributed by atoms with Gasteiger partial charge in [-0.05, 0) is 34.4 Å². The molecule has 2 bridgehead atoms. The predicted octanol–water partition coefficient (Wildman–Crippen LogP) is 2.49. The first-order chi connectivity index (χ1) is 14.6. The fraction of sp³-hybridized carbons (Fsp3) is 0.167. The zero-order valence-corrected chi connectivity index (χ0v) is 15.9. The second-order valence-corrected chi connectivity index (χ2v) is 8.13. The molecule has 2 N–H and O–H groups in total. The molecule has 0 aromatic heterocycles. The molecule has 1 saturated heterocycles. The van der Waals surface area contributed by atoms with E-state index in [1.165, 1.54) is 17.0 Å². The summed E-state index contributed by atoms with van der Waals surface area (Å²) >= 11 is 0. The van der Waals surface area contributed by atoms with Crippen LogP contribution in [0.5, 0.6) is 0 Å². The van der Waals surface area contributed by atoms with E-state index in [1.54, 1.807) is 12.1 Å². The Balaban J connectivity index is 1.50.